The molecule has 0 saturated carbocycles. The second kappa shape index (κ2) is 11.3. The first-order valence-electron chi connectivity index (χ1n) is 12.3. The molecule has 1 heterocycles. The molecule has 0 spiro atoms. The lowest BCUT2D eigenvalue weighted by atomic mass is 9.99. The Morgan fingerprint density at radius 1 is 0.838 bits per heavy atom. The van der Waals surface area contributed by atoms with E-state index in [1.807, 2.05) is 103 Å². The van der Waals surface area contributed by atoms with Crippen molar-refractivity contribution in [3.8, 4) is 5.69 Å². The number of aromatic nitrogens is 2. The van der Waals surface area contributed by atoms with Crippen molar-refractivity contribution in [3.05, 3.63) is 136 Å². The number of fused-ring (bicyclic) bond motifs is 1. The number of para-hydroxylation sites is 1. The monoisotopic (exact) mass is 505 g/mol. The molecule has 0 bridgehead atoms. The molecule has 4 aromatic carbocycles. The van der Waals surface area contributed by atoms with Crippen molar-refractivity contribution in [1.29, 1.82) is 0 Å². The molecule has 0 aliphatic heterocycles. The predicted molar refractivity (Wildman–Crippen MR) is 150 cm³/mol. The van der Waals surface area contributed by atoms with Gasteiger partial charge in [0.2, 0.25) is 5.91 Å². The molecule has 0 atom stereocenters. The first-order valence-corrected chi connectivity index (χ1v) is 13.3. The highest BCUT2D eigenvalue weighted by atomic mass is 32.2. The van der Waals surface area contributed by atoms with Crippen LogP contribution in [0.4, 0.5) is 0 Å². The minimum absolute atomic E-state index is 0.119. The van der Waals surface area contributed by atoms with Gasteiger partial charge in [0.25, 0.3) is 5.56 Å². The minimum Gasteiger partial charge on any atom is -0.344 e. The van der Waals surface area contributed by atoms with Crippen LogP contribution in [0, 0.1) is 0 Å². The summed E-state index contributed by atoms with van der Waals surface area (Å²) >= 11 is 1.26. The van der Waals surface area contributed by atoms with Gasteiger partial charge in [0.05, 0.1) is 28.4 Å². The normalized spacial score (nSPS) is 11.1. The standard InChI is InChI=1S/C31H27N3O2S/c1-2-22-17-19-25(20-18-22)34-30(36)26-15-9-10-16-27(26)32-31(34)37-21-28(35)33-29(23-11-5-3-6-12-23)24-13-7-4-8-14-24/h3-20,29H,2,21H2,1H3,(H,33,35). The summed E-state index contributed by atoms with van der Waals surface area (Å²) in [4.78, 5) is 31.5. The lowest BCUT2D eigenvalue weighted by Gasteiger charge is -2.20. The van der Waals surface area contributed by atoms with Gasteiger partial charge >= 0.3 is 0 Å². The van der Waals surface area contributed by atoms with Gasteiger partial charge in [-0.05, 0) is 47.4 Å². The van der Waals surface area contributed by atoms with Crippen LogP contribution in [0.2, 0.25) is 0 Å². The first-order chi connectivity index (χ1) is 18.1. The van der Waals surface area contributed by atoms with Crippen LogP contribution in [-0.4, -0.2) is 21.2 Å². The fourth-order valence-electron chi connectivity index (χ4n) is 4.30. The van der Waals surface area contributed by atoms with Gasteiger partial charge in [0, 0.05) is 0 Å². The van der Waals surface area contributed by atoms with E-state index in [9.17, 15) is 9.59 Å². The summed E-state index contributed by atoms with van der Waals surface area (Å²) < 4.78 is 1.60. The highest BCUT2D eigenvalue weighted by Crippen LogP contribution is 2.24. The van der Waals surface area contributed by atoms with E-state index in [2.05, 4.69) is 12.2 Å². The number of amides is 1. The number of hydrogen-bond donors (Lipinski definition) is 1. The molecular weight excluding hydrogens is 478 g/mol. The van der Waals surface area contributed by atoms with Gasteiger partial charge in [0.15, 0.2) is 5.16 Å². The number of benzene rings is 4. The molecular formula is C31H27N3O2S. The smallest absolute Gasteiger partial charge is 0.266 e. The van der Waals surface area contributed by atoms with Crippen LogP contribution in [0.1, 0.15) is 29.7 Å². The zero-order chi connectivity index (χ0) is 25.6. The summed E-state index contributed by atoms with van der Waals surface area (Å²) in [5.41, 5.74) is 4.39. The molecule has 184 valence electrons. The fraction of sp³-hybridized carbons (Fsp3) is 0.129. The van der Waals surface area contributed by atoms with Crippen molar-refractivity contribution in [2.24, 2.45) is 0 Å². The molecule has 1 aromatic heterocycles. The number of nitrogens with zero attached hydrogens (tertiary/aromatic N) is 2. The average molecular weight is 506 g/mol. The highest BCUT2D eigenvalue weighted by molar-refractivity contribution is 7.99. The van der Waals surface area contributed by atoms with Crippen molar-refractivity contribution in [2.75, 3.05) is 5.75 Å². The molecule has 0 aliphatic carbocycles. The Morgan fingerprint density at radius 3 is 2.05 bits per heavy atom. The molecule has 5 rings (SSSR count). The Bertz CT molecular complexity index is 1530. The average Bonchev–Trinajstić information content (AvgIpc) is 2.96. The van der Waals surface area contributed by atoms with Crippen LogP contribution in [0.3, 0.4) is 0 Å². The number of rotatable bonds is 8. The second-order valence-corrected chi connectivity index (χ2v) is 9.63. The summed E-state index contributed by atoms with van der Waals surface area (Å²) in [6.07, 6.45) is 0.914. The van der Waals surface area contributed by atoms with Gasteiger partial charge in [-0.15, -0.1) is 0 Å². The number of aryl methyl sites for hydroxylation is 1. The Hall–Kier alpha value is -4.16. The van der Waals surface area contributed by atoms with Crippen LogP contribution in [0.15, 0.2) is 119 Å². The summed E-state index contributed by atoms with van der Waals surface area (Å²) in [6, 6.07) is 34.7. The van der Waals surface area contributed by atoms with Crippen molar-refractivity contribution >= 4 is 28.6 Å². The molecule has 0 radical (unpaired) electrons. The largest absolute Gasteiger partial charge is 0.344 e. The van der Waals surface area contributed by atoms with E-state index in [1.165, 1.54) is 17.3 Å². The van der Waals surface area contributed by atoms with E-state index in [0.29, 0.717) is 16.1 Å². The predicted octanol–water partition coefficient (Wildman–Crippen LogP) is 5.95. The van der Waals surface area contributed by atoms with Crippen LogP contribution < -0.4 is 10.9 Å². The Kier molecular flexibility index (Phi) is 7.47. The summed E-state index contributed by atoms with van der Waals surface area (Å²) in [7, 11) is 0. The van der Waals surface area contributed by atoms with Gasteiger partial charge in [-0.3, -0.25) is 14.2 Å². The van der Waals surface area contributed by atoms with Crippen molar-refractivity contribution in [1.82, 2.24) is 14.9 Å². The molecule has 0 unspecified atom stereocenters. The zero-order valence-electron chi connectivity index (χ0n) is 20.5. The molecule has 6 heteroatoms. The molecule has 0 aliphatic rings. The first kappa shape index (κ1) is 24.5. The number of carbonyl (C=O) groups excluding carboxylic acids is 1. The van der Waals surface area contributed by atoms with Crippen LogP contribution in [0.25, 0.3) is 16.6 Å². The summed E-state index contributed by atoms with van der Waals surface area (Å²) in [5, 5.41) is 4.20. The molecule has 0 fully saturated rings. The minimum atomic E-state index is -0.274. The maximum absolute atomic E-state index is 13.5. The van der Waals surface area contributed by atoms with Gasteiger partial charge in [-0.1, -0.05) is 104 Å². The maximum Gasteiger partial charge on any atom is 0.266 e. The zero-order valence-corrected chi connectivity index (χ0v) is 21.3. The molecule has 5 nitrogen and oxygen atoms in total. The van der Waals surface area contributed by atoms with Gasteiger partial charge in [0.1, 0.15) is 0 Å². The van der Waals surface area contributed by atoms with Crippen LogP contribution in [-0.2, 0) is 11.2 Å². The molecule has 0 saturated heterocycles. The highest BCUT2D eigenvalue weighted by Gasteiger charge is 2.19. The third-order valence-electron chi connectivity index (χ3n) is 6.25. The SMILES string of the molecule is CCc1ccc(-n2c(SCC(=O)NC(c3ccccc3)c3ccccc3)nc3ccccc3c2=O)cc1. The van der Waals surface area contributed by atoms with E-state index >= 15 is 0 Å². The number of nitrogens with one attached hydrogen (secondary N) is 1. The number of thioether (sulfide) groups is 1. The summed E-state index contributed by atoms with van der Waals surface area (Å²) in [6.45, 7) is 2.09. The number of carbonyl (C=O) groups is 1. The molecule has 1 N–H and O–H groups in total. The Labute approximate surface area is 220 Å². The lowest BCUT2D eigenvalue weighted by Crippen LogP contribution is -2.31. The van der Waals surface area contributed by atoms with Gasteiger partial charge < -0.3 is 5.32 Å². The third-order valence-corrected chi connectivity index (χ3v) is 7.19. The Morgan fingerprint density at radius 2 is 1.43 bits per heavy atom. The molecule has 1 amide bonds. The van der Waals surface area contributed by atoms with Crippen LogP contribution in [0.5, 0.6) is 0 Å². The third kappa shape index (κ3) is 5.49. The van der Waals surface area contributed by atoms with E-state index in [0.717, 1.165) is 23.2 Å². The van der Waals surface area contributed by atoms with Crippen LogP contribution >= 0.6 is 11.8 Å². The quantitative estimate of drug-likeness (QED) is 0.209. The summed E-state index contributed by atoms with van der Waals surface area (Å²) in [5.74, 6) is -0.0217. The lowest BCUT2D eigenvalue weighted by molar-refractivity contribution is -0.119. The van der Waals surface area contributed by atoms with E-state index < -0.39 is 0 Å². The van der Waals surface area contributed by atoms with E-state index in [-0.39, 0.29) is 23.3 Å². The maximum atomic E-state index is 13.5. The van der Waals surface area contributed by atoms with Gasteiger partial charge in [-0.25, -0.2) is 4.98 Å². The number of hydrogen-bond acceptors (Lipinski definition) is 4. The van der Waals surface area contributed by atoms with Crippen molar-refractivity contribution in [3.63, 3.8) is 0 Å². The van der Waals surface area contributed by atoms with Crippen molar-refractivity contribution in [2.45, 2.75) is 24.5 Å². The Balaban J connectivity index is 1.44. The van der Waals surface area contributed by atoms with E-state index in [1.54, 1.807) is 10.6 Å². The topological polar surface area (TPSA) is 64.0 Å². The molecule has 5 aromatic rings. The van der Waals surface area contributed by atoms with E-state index in [4.69, 9.17) is 4.98 Å². The van der Waals surface area contributed by atoms with Gasteiger partial charge in [-0.2, -0.15) is 0 Å². The van der Waals surface area contributed by atoms with Crippen molar-refractivity contribution < 1.29 is 4.79 Å². The second-order valence-electron chi connectivity index (χ2n) is 8.68. The fourth-order valence-corrected chi connectivity index (χ4v) is 5.12. The molecule has 37 heavy (non-hydrogen) atoms.